The number of carbonyl (C=O) groups excluding carboxylic acids is 4. The van der Waals surface area contributed by atoms with Gasteiger partial charge in [0.2, 0.25) is 11.8 Å². The van der Waals surface area contributed by atoms with E-state index >= 15 is 0 Å². The number of para-hydroxylation sites is 1. The maximum atomic E-state index is 13.2. The third-order valence-corrected chi connectivity index (χ3v) is 6.98. The van der Waals surface area contributed by atoms with Crippen molar-refractivity contribution in [3.63, 3.8) is 0 Å². The predicted molar refractivity (Wildman–Crippen MR) is 133 cm³/mol. The molecule has 2 aliphatic rings. The van der Waals surface area contributed by atoms with E-state index in [4.69, 9.17) is 0 Å². The van der Waals surface area contributed by atoms with Crippen molar-refractivity contribution in [1.82, 2.24) is 15.1 Å². The normalized spacial score (nSPS) is 20.8. The average Bonchev–Trinajstić information content (AvgIpc) is 3.08. The third kappa shape index (κ3) is 5.06. The molecular formula is C27H32N4O4. The van der Waals surface area contributed by atoms with Crippen LogP contribution in [0.5, 0.6) is 0 Å². The number of anilines is 1. The Morgan fingerprint density at radius 2 is 1.66 bits per heavy atom. The Kier molecular flexibility index (Phi) is 6.91. The number of hydrogen-bond acceptors (Lipinski definition) is 4. The SMILES string of the molecule is CC(C)c1ccc(C2(C)NC(=O)N(CC(=O)N3CCC(C(=O)Nc4ccccc4)CC3)C2=O)cc1. The highest BCUT2D eigenvalue weighted by Gasteiger charge is 2.49. The number of rotatable bonds is 6. The van der Waals surface area contributed by atoms with E-state index in [9.17, 15) is 19.2 Å². The first-order valence-electron chi connectivity index (χ1n) is 12.1. The average molecular weight is 477 g/mol. The molecule has 2 aromatic carbocycles. The second kappa shape index (κ2) is 9.90. The summed E-state index contributed by atoms with van der Waals surface area (Å²) in [6.45, 7) is 6.34. The van der Waals surface area contributed by atoms with E-state index < -0.39 is 17.5 Å². The summed E-state index contributed by atoms with van der Waals surface area (Å²) in [5.74, 6) is -0.627. The Labute approximate surface area is 205 Å². The second-order valence-electron chi connectivity index (χ2n) is 9.73. The fourth-order valence-electron chi connectivity index (χ4n) is 4.63. The van der Waals surface area contributed by atoms with E-state index in [2.05, 4.69) is 24.5 Å². The zero-order valence-electron chi connectivity index (χ0n) is 20.4. The third-order valence-electron chi connectivity index (χ3n) is 6.98. The van der Waals surface area contributed by atoms with Crippen LogP contribution in [0, 0.1) is 5.92 Å². The van der Waals surface area contributed by atoms with Crippen molar-refractivity contribution in [3.05, 3.63) is 65.7 Å². The van der Waals surface area contributed by atoms with Crippen molar-refractivity contribution in [2.24, 2.45) is 5.92 Å². The first-order valence-corrected chi connectivity index (χ1v) is 12.1. The van der Waals surface area contributed by atoms with Crippen LogP contribution < -0.4 is 10.6 Å². The van der Waals surface area contributed by atoms with Crippen LogP contribution in [0.4, 0.5) is 10.5 Å². The molecule has 8 nitrogen and oxygen atoms in total. The summed E-state index contributed by atoms with van der Waals surface area (Å²) < 4.78 is 0. The van der Waals surface area contributed by atoms with E-state index in [0.717, 1.165) is 16.2 Å². The van der Waals surface area contributed by atoms with Crippen molar-refractivity contribution in [3.8, 4) is 0 Å². The summed E-state index contributed by atoms with van der Waals surface area (Å²) in [6, 6.07) is 16.3. The highest BCUT2D eigenvalue weighted by Crippen LogP contribution is 2.30. The highest BCUT2D eigenvalue weighted by molar-refractivity contribution is 6.09. The summed E-state index contributed by atoms with van der Waals surface area (Å²) in [5, 5.41) is 5.67. The van der Waals surface area contributed by atoms with Gasteiger partial charge < -0.3 is 15.5 Å². The van der Waals surface area contributed by atoms with Crippen LogP contribution in [0.1, 0.15) is 50.7 Å². The standard InChI is InChI=1S/C27H32N4O4/c1-18(2)19-9-11-21(12-10-19)27(3)25(34)31(26(35)29-27)17-23(32)30-15-13-20(14-16-30)24(33)28-22-7-5-4-6-8-22/h4-12,18,20H,13-17H2,1-3H3,(H,28,33)(H,29,35). The van der Waals surface area contributed by atoms with Crippen molar-refractivity contribution in [1.29, 1.82) is 0 Å². The number of imide groups is 1. The van der Waals surface area contributed by atoms with Crippen LogP contribution in [-0.4, -0.2) is 53.2 Å². The van der Waals surface area contributed by atoms with Crippen LogP contribution in [-0.2, 0) is 19.9 Å². The molecule has 0 aliphatic carbocycles. The first kappa shape index (κ1) is 24.4. The summed E-state index contributed by atoms with van der Waals surface area (Å²) in [6.07, 6.45) is 1.06. The predicted octanol–water partition coefficient (Wildman–Crippen LogP) is 3.45. The quantitative estimate of drug-likeness (QED) is 0.624. The van der Waals surface area contributed by atoms with Gasteiger partial charge in [0.25, 0.3) is 5.91 Å². The molecule has 2 aliphatic heterocycles. The van der Waals surface area contributed by atoms with Gasteiger partial charge in [0.05, 0.1) is 0 Å². The van der Waals surface area contributed by atoms with Gasteiger partial charge in [-0.2, -0.15) is 0 Å². The number of nitrogens with one attached hydrogen (secondary N) is 2. The molecule has 0 aromatic heterocycles. The van der Waals surface area contributed by atoms with Crippen LogP contribution in [0.2, 0.25) is 0 Å². The molecule has 1 atom stereocenters. The minimum absolute atomic E-state index is 0.0587. The summed E-state index contributed by atoms with van der Waals surface area (Å²) in [5.41, 5.74) is 1.36. The van der Waals surface area contributed by atoms with Crippen molar-refractivity contribution in [2.45, 2.75) is 45.1 Å². The lowest BCUT2D eigenvalue weighted by molar-refractivity contribution is -0.140. The fourth-order valence-corrected chi connectivity index (χ4v) is 4.63. The molecular weight excluding hydrogens is 444 g/mol. The van der Waals surface area contributed by atoms with Gasteiger partial charge in [-0.25, -0.2) is 4.79 Å². The number of benzene rings is 2. The Hall–Kier alpha value is -3.68. The lowest BCUT2D eigenvalue weighted by Gasteiger charge is -2.32. The number of hydrogen-bond donors (Lipinski definition) is 2. The number of carbonyl (C=O) groups is 4. The van der Waals surface area contributed by atoms with Crippen LogP contribution in [0.3, 0.4) is 0 Å². The minimum Gasteiger partial charge on any atom is -0.341 e. The van der Waals surface area contributed by atoms with Gasteiger partial charge in [0.15, 0.2) is 0 Å². The van der Waals surface area contributed by atoms with Crippen LogP contribution >= 0.6 is 0 Å². The minimum atomic E-state index is -1.21. The van der Waals surface area contributed by atoms with Crippen LogP contribution in [0.15, 0.2) is 54.6 Å². The molecule has 2 aromatic rings. The molecule has 0 bridgehead atoms. The van der Waals surface area contributed by atoms with Crippen molar-refractivity contribution >= 4 is 29.4 Å². The molecule has 8 heteroatoms. The molecule has 2 N–H and O–H groups in total. The van der Waals surface area contributed by atoms with Gasteiger partial charge in [-0.15, -0.1) is 0 Å². The van der Waals surface area contributed by atoms with Crippen molar-refractivity contribution < 1.29 is 19.2 Å². The largest absolute Gasteiger partial charge is 0.341 e. The molecule has 0 saturated carbocycles. The van der Waals surface area contributed by atoms with E-state index in [-0.39, 0.29) is 24.3 Å². The van der Waals surface area contributed by atoms with Gasteiger partial charge in [0.1, 0.15) is 12.1 Å². The lowest BCUT2D eigenvalue weighted by Crippen LogP contribution is -2.47. The number of piperidine rings is 1. The molecule has 35 heavy (non-hydrogen) atoms. The molecule has 0 radical (unpaired) electrons. The monoisotopic (exact) mass is 476 g/mol. The number of amides is 5. The van der Waals surface area contributed by atoms with Gasteiger partial charge in [0, 0.05) is 24.7 Å². The molecule has 0 spiro atoms. The molecule has 4 rings (SSSR count). The molecule has 2 fully saturated rings. The van der Waals surface area contributed by atoms with Gasteiger partial charge >= 0.3 is 6.03 Å². The summed E-state index contributed by atoms with van der Waals surface area (Å²) in [4.78, 5) is 54.0. The molecule has 2 saturated heterocycles. The molecule has 1 unspecified atom stereocenters. The smallest absolute Gasteiger partial charge is 0.325 e. The zero-order chi connectivity index (χ0) is 25.2. The lowest BCUT2D eigenvalue weighted by atomic mass is 9.90. The van der Waals surface area contributed by atoms with Gasteiger partial charge in [-0.05, 0) is 48.9 Å². The van der Waals surface area contributed by atoms with E-state index in [1.807, 2.05) is 54.6 Å². The van der Waals surface area contributed by atoms with Crippen molar-refractivity contribution in [2.75, 3.05) is 25.0 Å². The maximum absolute atomic E-state index is 13.2. The fraction of sp³-hybridized carbons (Fsp3) is 0.407. The van der Waals surface area contributed by atoms with E-state index in [0.29, 0.717) is 37.4 Å². The Morgan fingerprint density at radius 1 is 1.03 bits per heavy atom. The van der Waals surface area contributed by atoms with E-state index in [1.165, 1.54) is 0 Å². The summed E-state index contributed by atoms with van der Waals surface area (Å²) >= 11 is 0. The Bertz CT molecular complexity index is 1110. The molecule has 184 valence electrons. The number of likely N-dealkylation sites (tertiary alicyclic amines) is 1. The number of nitrogens with zero attached hydrogens (tertiary/aromatic N) is 2. The maximum Gasteiger partial charge on any atom is 0.325 e. The second-order valence-corrected chi connectivity index (χ2v) is 9.73. The molecule has 2 heterocycles. The highest BCUT2D eigenvalue weighted by atomic mass is 16.2. The van der Waals surface area contributed by atoms with Crippen LogP contribution in [0.25, 0.3) is 0 Å². The van der Waals surface area contributed by atoms with Gasteiger partial charge in [-0.1, -0.05) is 56.3 Å². The first-order chi connectivity index (χ1) is 16.7. The Balaban J connectivity index is 1.34. The molecule has 5 amide bonds. The summed E-state index contributed by atoms with van der Waals surface area (Å²) in [7, 11) is 0. The Morgan fingerprint density at radius 3 is 2.26 bits per heavy atom. The van der Waals surface area contributed by atoms with E-state index in [1.54, 1.807) is 11.8 Å². The van der Waals surface area contributed by atoms with Gasteiger partial charge in [-0.3, -0.25) is 19.3 Å². The topological polar surface area (TPSA) is 98.8 Å². The number of urea groups is 1. The zero-order valence-corrected chi connectivity index (χ0v) is 20.4.